The molecule has 23 heavy (non-hydrogen) atoms. The molecular formula is C17H23N3O3. The van der Waals surface area contributed by atoms with E-state index >= 15 is 0 Å². The first-order valence-corrected chi connectivity index (χ1v) is 7.90. The first kappa shape index (κ1) is 15.8. The summed E-state index contributed by atoms with van der Waals surface area (Å²) in [6.07, 6.45) is 0.457. The highest BCUT2D eigenvalue weighted by molar-refractivity contribution is 6.07. The molecule has 0 saturated carbocycles. The van der Waals surface area contributed by atoms with Crippen molar-refractivity contribution in [2.24, 2.45) is 5.16 Å². The van der Waals surface area contributed by atoms with Crippen LogP contribution in [0.5, 0.6) is 5.75 Å². The molecule has 1 atom stereocenters. The summed E-state index contributed by atoms with van der Waals surface area (Å²) in [6, 6.07) is 7.66. The Hall–Kier alpha value is -2.08. The third-order valence-electron chi connectivity index (χ3n) is 4.52. The molecule has 1 amide bonds. The van der Waals surface area contributed by atoms with Gasteiger partial charge in [0.1, 0.15) is 5.75 Å². The zero-order valence-electron chi connectivity index (χ0n) is 13.9. The van der Waals surface area contributed by atoms with Gasteiger partial charge in [0.2, 0.25) is 5.60 Å². The van der Waals surface area contributed by atoms with Crippen LogP contribution < -0.4 is 4.74 Å². The lowest BCUT2D eigenvalue weighted by Crippen LogP contribution is -2.54. The summed E-state index contributed by atoms with van der Waals surface area (Å²) in [5, 5.41) is 4.18. The van der Waals surface area contributed by atoms with Crippen LogP contribution in [0.1, 0.15) is 18.9 Å². The molecule has 0 bridgehead atoms. The van der Waals surface area contributed by atoms with Crippen LogP contribution in [0.2, 0.25) is 0 Å². The lowest BCUT2D eigenvalue weighted by molar-refractivity contribution is -0.154. The van der Waals surface area contributed by atoms with Crippen molar-refractivity contribution >= 4 is 11.6 Å². The second kappa shape index (κ2) is 6.20. The number of ether oxygens (including phenoxy) is 1. The van der Waals surface area contributed by atoms with Crippen LogP contribution in [-0.4, -0.2) is 67.4 Å². The minimum Gasteiger partial charge on any atom is -0.496 e. The number of methoxy groups -OCH3 is 1. The number of amides is 1. The quantitative estimate of drug-likeness (QED) is 0.844. The summed E-state index contributed by atoms with van der Waals surface area (Å²) < 4.78 is 5.38. The Bertz CT molecular complexity index is 623. The monoisotopic (exact) mass is 317 g/mol. The highest BCUT2D eigenvalue weighted by atomic mass is 16.7. The maximum Gasteiger partial charge on any atom is 0.269 e. The maximum atomic E-state index is 12.8. The van der Waals surface area contributed by atoms with Crippen molar-refractivity contribution < 1.29 is 14.4 Å². The van der Waals surface area contributed by atoms with Crippen molar-refractivity contribution in [2.75, 3.05) is 40.3 Å². The molecule has 6 heteroatoms. The second-order valence-electron chi connectivity index (χ2n) is 6.33. The zero-order chi connectivity index (χ0) is 16.4. The van der Waals surface area contributed by atoms with Gasteiger partial charge in [0, 0.05) is 38.2 Å². The molecule has 0 aromatic heterocycles. The molecule has 1 aromatic carbocycles. The van der Waals surface area contributed by atoms with Gasteiger partial charge >= 0.3 is 0 Å². The van der Waals surface area contributed by atoms with E-state index in [9.17, 15) is 4.79 Å². The largest absolute Gasteiger partial charge is 0.496 e. The Morgan fingerprint density at radius 2 is 1.96 bits per heavy atom. The lowest BCUT2D eigenvalue weighted by Gasteiger charge is -2.36. The molecule has 2 aliphatic rings. The van der Waals surface area contributed by atoms with E-state index in [0.29, 0.717) is 6.42 Å². The molecule has 3 rings (SSSR count). The van der Waals surface area contributed by atoms with Crippen molar-refractivity contribution in [3.8, 4) is 5.75 Å². The summed E-state index contributed by atoms with van der Waals surface area (Å²) in [5.74, 6) is 0.755. The number of carbonyl (C=O) groups excluding carboxylic acids is 1. The van der Waals surface area contributed by atoms with E-state index in [0.717, 1.165) is 43.2 Å². The van der Waals surface area contributed by atoms with E-state index in [2.05, 4.69) is 17.1 Å². The second-order valence-corrected chi connectivity index (χ2v) is 6.33. The number of carbonyl (C=O) groups is 1. The molecule has 1 saturated heterocycles. The van der Waals surface area contributed by atoms with Gasteiger partial charge < -0.3 is 19.4 Å². The van der Waals surface area contributed by atoms with E-state index < -0.39 is 5.60 Å². The molecule has 1 aromatic rings. The molecular weight excluding hydrogens is 294 g/mol. The van der Waals surface area contributed by atoms with Gasteiger partial charge in [-0.2, -0.15) is 0 Å². The van der Waals surface area contributed by atoms with E-state index in [1.165, 1.54) is 0 Å². The summed E-state index contributed by atoms with van der Waals surface area (Å²) in [4.78, 5) is 22.5. The molecule has 0 aliphatic carbocycles. The average molecular weight is 317 g/mol. The summed E-state index contributed by atoms with van der Waals surface area (Å²) >= 11 is 0. The van der Waals surface area contributed by atoms with E-state index in [1.807, 2.05) is 36.1 Å². The van der Waals surface area contributed by atoms with Crippen LogP contribution in [-0.2, 0) is 9.63 Å². The van der Waals surface area contributed by atoms with Crippen molar-refractivity contribution in [2.45, 2.75) is 18.9 Å². The fraction of sp³-hybridized carbons (Fsp3) is 0.529. The van der Waals surface area contributed by atoms with E-state index in [-0.39, 0.29) is 5.91 Å². The van der Waals surface area contributed by atoms with Gasteiger partial charge in [-0.25, -0.2) is 0 Å². The maximum absolute atomic E-state index is 12.8. The third-order valence-corrected chi connectivity index (χ3v) is 4.52. The van der Waals surface area contributed by atoms with Gasteiger partial charge in [0.25, 0.3) is 5.91 Å². The fourth-order valence-electron chi connectivity index (χ4n) is 3.03. The first-order valence-electron chi connectivity index (χ1n) is 7.90. The van der Waals surface area contributed by atoms with Crippen LogP contribution in [0.3, 0.4) is 0 Å². The summed E-state index contributed by atoms with van der Waals surface area (Å²) in [6.45, 7) is 5.07. The van der Waals surface area contributed by atoms with Gasteiger partial charge in [-0.1, -0.05) is 17.3 Å². The molecule has 1 unspecified atom stereocenters. The minimum atomic E-state index is -0.925. The standard InChI is InChI=1S/C17H23N3O3/c1-17(16(21)20-10-8-19(2)9-11-20)12-14(18-23-17)13-6-4-5-7-15(13)22-3/h4-7H,8-12H2,1-3H3. The number of rotatable bonds is 3. The van der Waals surface area contributed by atoms with Crippen molar-refractivity contribution in [1.82, 2.24) is 9.80 Å². The normalized spacial score (nSPS) is 25.0. The molecule has 2 heterocycles. The smallest absolute Gasteiger partial charge is 0.269 e. The fourth-order valence-corrected chi connectivity index (χ4v) is 3.03. The molecule has 0 spiro atoms. The summed E-state index contributed by atoms with van der Waals surface area (Å²) in [5.41, 5.74) is 0.712. The predicted octanol–water partition coefficient (Wildman–Crippen LogP) is 1.35. The number of hydrogen-bond donors (Lipinski definition) is 0. The lowest BCUT2D eigenvalue weighted by atomic mass is 9.94. The van der Waals surface area contributed by atoms with Gasteiger partial charge in [0.15, 0.2) is 0 Å². The number of hydrogen-bond acceptors (Lipinski definition) is 5. The van der Waals surface area contributed by atoms with Gasteiger partial charge in [0.05, 0.1) is 12.8 Å². The summed E-state index contributed by atoms with van der Waals surface area (Å²) in [7, 11) is 3.70. The van der Waals surface area contributed by atoms with Crippen LogP contribution in [0.15, 0.2) is 29.4 Å². The average Bonchev–Trinajstić information content (AvgIpc) is 2.98. The van der Waals surface area contributed by atoms with E-state index in [1.54, 1.807) is 7.11 Å². The number of likely N-dealkylation sites (N-methyl/N-ethyl adjacent to an activating group) is 1. The number of piperazine rings is 1. The van der Waals surface area contributed by atoms with Crippen molar-refractivity contribution in [3.63, 3.8) is 0 Å². The van der Waals surface area contributed by atoms with E-state index in [4.69, 9.17) is 9.57 Å². The number of nitrogens with zero attached hydrogens (tertiary/aromatic N) is 3. The van der Waals surface area contributed by atoms with Gasteiger partial charge in [-0.05, 0) is 26.1 Å². The molecule has 1 fully saturated rings. The minimum absolute atomic E-state index is 0.0132. The molecule has 124 valence electrons. The van der Waals surface area contributed by atoms with Crippen LogP contribution >= 0.6 is 0 Å². The van der Waals surface area contributed by atoms with Crippen LogP contribution in [0.25, 0.3) is 0 Å². The van der Waals surface area contributed by atoms with Gasteiger partial charge in [-0.3, -0.25) is 4.79 Å². The highest BCUT2D eigenvalue weighted by Crippen LogP contribution is 2.31. The molecule has 0 N–H and O–H groups in total. The molecule has 6 nitrogen and oxygen atoms in total. The van der Waals surface area contributed by atoms with Crippen LogP contribution in [0.4, 0.5) is 0 Å². The zero-order valence-corrected chi connectivity index (χ0v) is 13.9. The van der Waals surface area contributed by atoms with Crippen molar-refractivity contribution in [1.29, 1.82) is 0 Å². The Balaban J connectivity index is 1.73. The first-order chi connectivity index (χ1) is 11.0. The Morgan fingerprint density at radius 3 is 2.65 bits per heavy atom. The molecule has 0 radical (unpaired) electrons. The molecule has 2 aliphatic heterocycles. The topological polar surface area (TPSA) is 54.4 Å². The number of oxime groups is 1. The Kier molecular flexibility index (Phi) is 4.26. The number of benzene rings is 1. The Morgan fingerprint density at radius 1 is 1.26 bits per heavy atom. The third kappa shape index (κ3) is 3.03. The van der Waals surface area contributed by atoms with Crippen LogP contribution in [0, 0.1) is 0 Å². The SMILES string of the molecule is COc1ccccc1C1=NOC(C)(C(=O)N2CCN(C)CC2)C1. The predicted molar refractivity (Wildman–Crippen MR) is 87.7 cm³/mol. The van der Waals surface area contributed by atoms with Gasteiger partial charge in [-0.15, -0.1) is 0 Å². The highest BCUT2D eigenvalue weighted by Gasteiger charge is 2.45. The number of para-hydroxylation sites is 1. The van der Waals surface area contributed by atoms with Crippen molar-refractivity contribution in [3.05, 3.63) is 29.8 Å². The Labute approximate surface area is 136 Å².